The summed E-state index contributed by atoms with van der Waals surface area (Å²) in [6.07, 6.45) is -0.453. The Morgan fingerprint density at radius 1 is 1.42 bits per heavy atom. The summed E-state index contributed by atoms with van der Waals surface area (Å²) in [5.74, 6) is -2.32. The van der Waals surface area contributed by atoms with E-state index in [1.165, 1.54) is 11.3 Å². The number of aliphatic carboxylic acids is 2. The molecule has 1 atom stereocenters. The van der Waals surface area contributed by atoms with E-state index in [1.54, 1.807) is 12.1 Å². The summed E-state index contributed by atoms with van der Waals surface area (Å²) in [5, 5.41) is 16.6. The van der Waals surface area contributed by atoms with Crippen LogP contribution in [0.3, 0.4) is 0 Å². The maximum absolute atomic E-state index is 11.0. The number of fused-ring (bicyclic) bond motifs is 1. The number of aromatic nitrogens is 1. The largest absolute Gasteiger partial charge is 0.481 e. The van der Waals surface area contributed by atoms with Crippen LogP contribution in [0, 0.1) is 0 Å². The van der Waals surface area contributed by atoms with Gasteiger partial charge in [-0.25, -0.2) is 4.98 Å². The molecule has 0 saturated heterocycles. The summed E-state index contributed by atoms with van der Waals surface area (Å²) >= 11 is 2.23. The molecule has 100 valence electrons. The van der Waals surface area contributed by atoms with E-state index in [9.17, 15) is 9.59 Å². The number of thiazole rings is 1. The van der Waals surface area contributed by atoms with Gasteiger partial charge in [-0.1, -0.05) is 17.8 Å². The number of nitrogen functional groups attached to an aromatic ring is 1. The standard InChI is InChI=1S/C11H10N2O4S2/c12-5-2-1-3-6-9(5)13-11(18-6)19-7(10(16)17)4-8(14)15/h1-3,7H,4,12H2,(H,14,15)(H,16,17). The van der Waals surface area contributed by atoms with Crippen molar-refractivity contribution in [3.63, 3.8) is 0 Å². The first-order chi connectivity index (χ1) is 8.97. The van der Waals surface area contributed by atoms with Crippen molar-refractivity contribution < 1.29 is 19.8 Å². The molecular weight excluding hydrogens is 288 g/mol. The lowest BCUT2D eigenvalue weighted by atomic mass is 10.3. The van der Waals surface area contributed by atoms with Crippen LogP contribution in [-0.2, 0) is 9.59 Å². The third-order valence-corrected chi connectivity index (χ3v) is 4.61. The van der Waals surface area contributed by atoms with Crippen LogP contribution < -0.4 is 5.73 Å². The van der Waals surface area contributed by atoms with Gasteiger partial charge >= 0.3 is 11.9 Å². The molecule has 2 aromatic rings. The third-order valence-electron chi connectivity index (χ3n) is 2.31. The van der Waals surface area contributed by atoms with Gasteiger partial charge in [0.15, 0.2) is 4.34 Å². The van der Waals surface area contributed by atoms with Gasteiger partial charge in [-0.2, -0.15) is 0 Å². The van der Waals surface area contributed by atoms with E-state index in [0.717, 1.165) is 16.5 Å². The quantitative estimate of drug-likeness (QED) is 0.570. The van der Waals surface area contributed by atoms with Gasteiger partial charge in [0, 0.05) is 0 Å². The summed E-state index contributed by atoms with van der Waals surface area (Å²) in [6, 6.07) is 5.33. The van der Waals surface area contributed by atoms with E-state index in [4.69, 9.17) is 15.9 Å². The Labute approximate surface area is 116 Å². The molecule has 0 fully saturated rings. The molecule has 0 aliphatic rings. The molecule has 0 saturated carbocycles. The van der Waals surface area contributed by atoms with E-state index >= 15 is 0 Å². The highest BCUT2D eigenvalue weighted by Crippen LogP contribution is 2.35. The zero-order valence-corrected chi connectivity index (χ0v) is 11.2. The zero-order chi connectivity index (χ0) is 14.0. The summed E-state index contributed by atoms with van der Waals surface area (Å²) in [5.41, 5.74) is 6.90. The van der Waals surface area contributed by atoms with Crippen LogP contribution in [0.5, 0.6) is 0 Å². The van der Waals surface area contributed by atoms with Crippen molar-refractivity contribution in [3.05, 3.63) is 18.2 Å². The normalized spacial score (nSPS) is 12.4. The van der Waals surface area contributed by atoms with Crippen LogP contribution in [0.25, 0.3) is 10.2 Å². The fourth-order valence-corrected chi connectivity index (χ4v) is 3.72. The number of nitrogens with zero attached hydrogens (tertiary/aromatic N) is 1. The lowest BCUT2D eigenvalue weighted by Crippen LogP contribution is -2.20. The second-order valence-electron chi connectivity index (χ2n) is 3.72. The Morgan fingerprint density at radius 3 is 2.74 bits per heavy atom. The molecule has 0 bridgehead atoms. The minimum absolute atomic E-state index is 0.453. The van der Waals surface area contributed by atoms with Gasteiger partial charge in [0.05, 0.1) is 16.8 Å². The Balaban J connectivity index is 2.26. The van der Waals surface area contributed by atoms with E-state index in [-0.39, 0.29) is 0 Å². The average Bonchev–Trinajstić information content (AvgIpc) is 2.71. The molecule has 0 spiro atoms. The van der Waals surface area contributed by atoms with E-state index < -0.39 is 23.6 Å². The summed E-state index contributed by atoms with van der Waals surface area (Å²) in [4.78, 5) is 25.8. The highest BCUT2D eigenvalue weighted by molar-refractivity contribution is 8.02. The fourth-order valence-electron chi connectivity index (χ4n) is 1.46. The minimum atomic E-state index is -1.17. The Bertz CT molecular complexity index is 641. The van der Waals surface area contributed by atoms with Crippen LogP contribution in [0.4, 0.5) is 5.69 Å². The van der Waals surface area contributed by atoms with Crippen molar-refractivity contribution in [3.8, 4) is 0 Å². The van der Waals surface area contributed by atoms with Crippen molar-refractivity contribution in [1.82, 2.24) is 4.98 Å². The molecule has 0 aliphatic heterocycles. The van der Waals surface area contributed by atoms with E-state index in [2.05, 4.69) is 4.98 Å². The minimum Gasteiger partial charge on any atom is -0.481 e. The van der Waals surface area contributed by atoms with Gasteiger partial charge in [0.2, 0.25) is 0 Å². The van der Waals surface area contributed by atoms with Crippen LogP contribution >= 0.6 is 23.1 Å². The van der Waals surface area contributed by atoms with Crippen LogP contribution in [0.1, 0.15) is 6.42 Å². The highest BCUT2D eigenvalue weighted by atomic mass is 32.2. The second-order valence-corrected chi connectivity index (χ2v) is 6.20. The first kappa shape index (κ1) is 13.6. The molecule has 4 N–H and O–H groups in total. The molecule has 0 amide bonds. The number of carboxylic acid groups (broad SMARTS) is 2. The van der Waals surface area contributed by atoms with Crippen molar-refractivity contribution >= 4 is 50.9 Å². The molecule has 6 nitrogen and oxygen atoms in total. The van der Waals surface area contributed by atoms with Crippen molar-refractivity contribution in [2.75, 3.05) is 5.73 Å². The Hall–Kier alpha value is -1.80. The van der Waals surface area contributed by atoms with Gasteiger partial charge in [-0.15, -0.1) is 11.3 Å². The zero-order valence-electron chi connectivity index (χ0n) is 9.57. The maximum atomic E-state index is 11.0. The molecule has 8 heteroatoms. The van der Waals surface area contributed by atoms with Crippen molar-refractivity contribution in [2.24, 2.45) is 0 Å². The fraction of sp³-hybridized carbons (Fsp3) is 0.182. The monoisotopic (exact) mass is 298 g/mol. The van der Waals surface area contributed by atoms with E-state index in [0.29, 0.717) is 15.5 Å². The smallest absolute Gasteiger partial charge is 0.317 e. The molecule has 1 aromatic heterocycles. The Morgan fingerprint density at radius 2 is 2.16 bits per heavy atom. The molecule has 1 unspecified atom stereocenters. The predicted octanol–water partition coefficient (Wildman–Crippen LogP) is 1.90. The number of para-hydroxylation sites is 1. The number of thioether (sulfide) groups is 1. The molecule has 1 heterocycles. The highest BCUT2D eigenvalue weighted by Gasteiger charge is 2.24. The van der Waals surface area contributed by atoms with Gasteiger partial charge in [-0.3, -0.25) is 9.59 Å². The van der Waals surface area contributed by atoms with Gasteiger partial charge in [0.1, 0.15) is 10.8 Å². The summed E-state index contributed by atoms with van der Waals surface area (Å²) < 4.78 is 1.35. The molecular formula is C11H10N2O4S2. The number of hydrogen-bond acceptors (Lipinski definition) is 6. The number of nitrogens with two attached hydrogens (primary N) is 1. The lowest BCUT2D eigenvalue weighted by Gasteiger charge is -2.06. The molecule has 1 aromatic carbocycles. The lowest BCUT2D eigenvalue weighted by molar-refractivity contribution is -0.142. The number of anilines is 1. The van der Waals surface area contributed by atoms with Crippen LogP contribution in [0.15, 0.2) is 22.5 Å². The summed E-state index contributed by atoms with van der Waals surface area (Å²) in [7, 11) is 0. The van der Waals surface area contributed by atoms with Gasteiger partial charge in [0.25, 0.3) is 0 Å². The third kappa shape index (κ3) is 3.15. The van der Waals surface area contributed by atoms with Gasteiger partial charge in [-0.05, 0) is 12.1 Å². The topological polar surface area (TPSA) is 114 Å². The summed E-state index contributed by atoms with van der Waals surface area (Å²) in [6.45, 7) is 0. The number of hydrogen-bond donors (Lipinski definition) is 3. The number of rotatable bonds is 5. The predicted molar refractivity (Wildman–Crippen MR) is 73.6 cm³/mol. The second kappa shape index (κ2) is 5.45. The van der Waals surface area contributed by atoms with Crippen molar-refractivity contribution in [2.45, 2.75) is 16.0 Å². The first-order valence-electron chi connectivity index (χ1n) is 5.23. The SMILES string of the molecule is Nc1cccc2sc(SC(CC(=O)O)C(=O)O)nc12. The average molecular weight is 298 g/mol. The van der Waals surface area contributed by atoms with Gasteiger partial charge < -0.3 is 15.9 Å². The maximum Gasteiger partial charge on any atom is 0.317 e. The number of carbonyl (C=O) groups is 2. The van der Waals surface area contributed by atoms with E-state index in [1.807, 2.05) is 6.07 Å². The molecule has 0 aliphatic carbocycles. The molecule has 2 rings (SSSR count). The number of carboxylic acids is 2. The Kier molecular flexibility index (Phi) is 3.91. The molecule has 0 radical (unpaired) electrons. The van der Waals surface area contributed by atoms with Crippen LogP contribution in [-0.4, -0.2) is 32.4 Å². The van der Waals surface area contributed by atoms with Crippen LogP contribution in [0.2, 0.25) is 0 Å². The number of benzene rings is 1. The first-order valence-corrected chi connectivity index (χ1v) is 6.93. The molecule has 19 heavy (non-hydrogen) atoms. The van der Waals surface area contributed by atoms with Crippen molar-refractivity contribution in [1.29, 1.82) is 0 Å².